The molecule has 0 heterocycles. The highest BCUT2D eigenvalue weighted by Crippen LogP contribution is 2.35. The average molecular weight is 249 g/mol. The maximum absolute atomic E-state index is 12.4. The molecule has 0 spiro atoms. The van der Waals surface area contributed by atoms with E-state index < -0.39 is 30.0 Å². The van der Waals surface area contributed by atoms with Crippen LogP contribution >= 0.6 is 0 Å². The van der Waals surface area contributed by atoms with Crippen LogP contribution in [0.1, 0.15) is 6.92 Å². The molecule has 1 N–H and O–H groups in total. The number of rotatable bonds is 3. The minimum absolute atomic E-state index is 0.896. The van der Waals surface area contributed by atoms with Crippen molar-refractivity contribution < 1.29 is 36.3 Å². The van der Waals surface area contributed by atoms with Gasteiger partial charge in [0, 0.05) is 0 Å². The highest BCUT2D eigenvalue weighted by atomic mass is 19.4. The molecule has 16 heavy (non-hydrogen) atoms. The van der Waals surface area contributed by atoms with Gasteiger partial charge in [0.05, 0.1) is 7.11 Å². The van der Waals surface area contributed by atoms with Gasteiger partial charge in [0.2, 0.25) is 0 Å². The van der Waals surface area contributed by atoms with Gasteiger partial charge in [0.1, 0.15) is 6.04 Å². The molecule has 0 bridgehead atoms. The maximum Gasteiger partial charge on any atom is 0.463 e. The van der Waals surface area contributed by atoms with Crippen LogP contribution in [0.2, 0.25) is 0 Å². The Morgan fingerprint density at radius 2 is 1.62 bits per heavy atom. The number of carbonyl (C=O) groups excluding carboxylic acids is 2. The zero-order valence-electron chi connectivity index (χ0n) is 8.19. The summed E-state index contributed by atoms with van der Waals surface area (Å²) in [4.78, 5) is 21.2. The van der Waals surface area contributed by atoms with Gasteiger partial charge in [-0.15, -0.1) is 0 Å². The zero-order valence-corrected chi connectivity index (χ0v) is 8.19. The number of hydrogen-bond donors (Lipinski definition) is 1. The Morgan fingerprint density at radius 1 is 1.19 bits per heavy atom. The summed E-state index contributed by atoms with van der Waals surface area (Å²) >= 11 is 0. The molecule has 0 rings (SSSR count). The second-order valence-corrected chi connectivity index (χ2v) is 2.79. The lowest BCUT2D eigenvalue weighted by Gasteiger charge is -2.20. The van der Waals surface area contributed by atoms with Crippen molar-refractivity contribution >= 4 is 11.9 Å². The van der Waals surface area contributed by atoms with Gasteiger partial charge in [-0.05, 0) is 6.92 Å². The van der Waals surface area contributed by atoms with Crippen molar-refractivity contribution in [3.63, 3.8) is 0 Å². The van der Waals surface area contributed by atoms with Gasteiger partial charge in [-0.25, -0.2) is 4.79 Å². The lowest BCUT2D eigenvalue weighted by Crippen LogP contribution is -2.54. The van der Waals surface area contributed by atoms with Crippen LogP contribution in [0, 0.1) is 0 Å². The summed E-state index contributed by atoms with van der Waals surface area (Å²) in [5.74, 6) is -9.28. The summed E-state index contributed by atoms with van der Waals surface area (Å²) in [5.41, 5.74) is 0. The Kier molecular flexibility index (Phi) is 4.21. The third kappa shape index (κ3) is 3.04. The van der Waals surface area contributed by atoms with Crippen LogP contribution in [0.3, 0.4) is 0 Å². The number of carbonyl (C=O) groups is 2. The number of ether oxygens (including phenoxy) is 1. The molecule has 0 aliphatic rings. The van der Waals surface area contributed by atoms with Gasteiger partial charge in [0.25, 0.3) is 0 Å². The molecule has 0 aliphatic carbocycles. The molecule has 0 aromatic heterocycles. The lowest BCUT2D eigenvalue weighted by atomic mass is 10.2. The van der Waals surface area contributed by atoms with Crippen LogP contribution in [0.5, 0.6) is 0 Å². The Balaban J connectivity index is 4.66. The summed E-state index contributed by atoms with van der Waals surface area (Å²) in [5, 5.41) is 1.19. The Bertz CT molecular complexity index is 288. The predicted octanol–water partition coefficient (Wildman–Crippen LogP) is 0.862. The summed E-state index contributed by atoms with van der Waals surface area (Å²) in [6, 6.07) is -1.59. The molecule has 0 aromatic rings. The molecule has 0 aromatic carbocycles. The second kappa shape index (κ2) is 4.62. The molecule has 1 amide bonds. The number of nitrogens with one attached hydrogen (secondary N) is 1. The third-order valence-corrected chi connectivity index (χ3v) is 1.54. The summed E-state index contributed by atoms with van der Waals surface area (Å²) in [7, 11) is 0.896. The monoisotopic (exact) mass is 249 g/mol. The largest absolute Gasteiger partial charge is 0.467 e. The van der Waals surface area contributed by atoms with E-state index in [0.717, 1.165) is 14.0 Å². The van der Waals surface area contributed by atoms with E-state index in [-0.39, 0.29) is 0 Å². The number of halogens is 5. The quantitative estimate of drug-likeness (QED) is 0.596. The maximum atomic E-state index is 12.4. The Labute approximate surface area is 86.7 Å². The summed E-state index contributed by atoms with van der Waals surface area (Å²) < 4.78 is 63.8. The first-order chi connectivity index (χ1) is 7.04. The number of alkyl halides is 5. The van der Waals surface area contributed by atoms with Gasteiger partial charge in [-0.3, -0.25) is 4.79 Å². The fourth-order valence-electron chi connectivity index (χ4n) is 0.652. The first kappa shape index (κ1) is 14.6. The molecule has 0 radical (unpaired) electrons. The van der Waals surface area contributed by atoms with E-state index in [0.29, 0.717) is 0 Å². The van der Waals surface area contributed by atoms with E-state index in [1.807, 2.05) is 0 Å². The molecule has 0 fully saturated rings. The van der Waals surface area contributed by atoms with Crippen molar-refractivity contribution in [2.45, 2.75) is 25.1 Å². The molecule has 1 unspecified atom stereocenters. The van der Waals surface area contributed by atoms with Gasteiger partial charge >= 0.3 is 24.0 Å². The van der Waals surface area contributed by atoms with Crippen molar-refractivity contribution in [1.82, 2.24) is 5.32 Å². The molecule has 0 saturated heterocycles. The number of hydrogen-bond acceptors (Lipinski definition) is 3. The van der Waals surface area contributed by atoms with E-state index in [1.54, 1.807) is 0 Å². The van der Waals surface area contributed by atoms with Crippen LogP contribution in [-0.4, -0.2) is 37.1 Å². The first-order valence-corrected chi connectivity index (χ1v) is 3.87. The van der Waals surface area contributed by atoms with Crippen molar-refractivity contribution in [3.8, 4) is 0 Å². The predicted molar refractivity (Wildman–Crippen MR) is 40.6 cm³/mol. The molecule has 4 nitrogen and oxygen atoms in total. The SMILES string of the molecule is COC(=O)C(C)NC(=O)C(F)(F)C(F)(F)F. The van der Waals surface area contributed by atoms with E-state index in [2.05, 4.69) is 4.74 Å². The van der Waals surface area contributed by atoms with Gasteiger partial charge in [0.15, 0.2) is 0 Å². The third-order valence-electron chi connectivity index (χ3n) is 1.54. The van der Waals surface area contributed by atoms with Gasteiger partial charge in [-0.2, -0.15) is 22.0 Å². The molecule has 9 heteroatoms. The molecule has 1 atom stereocenters. The average Bonchev–Trinajstić information content (AvgIpc) is 2.14. The fraction of sp³-hybridized carbons (Fsp3) is 0.714. The fourth-order valence-corrected chi connectivity index (χ4v) is 0.652. The number of esters is 1. The van der Waals surface area contributed by atoms with Gasteiger partial charge in [-0.1, -0.05) is 0 Å². The van der Waals surface area contributed by atoms with Crippen molar-refractivity contribution in [2.24, 2.45) is 0 Å². The van der Waals surface area contributed by atoms with E-state index in [9.17, 15) is 31.5 Å². The van der Waals surface area contributed by atoms with Crippen LogP contribution in [-0.2, 0) is 14.3 Å². The highest BCUT2D eigenvalue weighted by Gasteiger charge is 2.63. The topological polar surface area (TPSA) is 55.4 Å². The number of amides is 1. The Hall–Kier alpha value is -1.41. The van der Waals surface area contributed by atoms with Crippen molar-refractivity contribution in [1.29, 1.82) is 0 Å². The normalized spacial score (nSPS) is 14.2. The highest BCUT2D eigenvalue weighted by molar-refractivity contribution is 5.88. The minimum Gasteiger partial charge on any atom is -0.467 e. The zero-order chi connectivity index (χ0) is 13.1. The second-order valence-electron chi connectivity index (χ2n) is 2.79. The minimum atomic E-state index is -6.01. The van der Waals surface area contributed by atoms with E-state index in [4.69, 9.17) is 0 Å². The Morgan fingerprint density at radius 3 is 1.94 bits per heavy atom. The smallest absolute Gasteiger partial charge is 0.463 e. The van der Waals surface area contributed by atoms with Crippen LogP contribution in [0.4, 0.5) is 22.0 Å². The van der Waals surface area contributed by atoms with Crippen LogP contribution < -0.4 is 5.32 Å². The van der Waals surface area contributed by atoms with Crippen molar-refractivity contribution in [2.75, 3.05) is 7.11 Å². The molecule has 0 aliphatic heterocycles. The first-order valence-electron chi connectivity index (χ1n) is 3.87. The summed E-state index contributed by atoms with van der Waals surface area (Å²) in [6.07, 6.45) is -6.01. The van der Waals surface area contributed by atoms with Crippen molar-refractivity contribution in [3.05, 3.63) is 0 Å². The number of methoxy groups -OCH3 is 1. The van der Waals surface area contributed by atoms with Crippen LogP contribution in [0.15, 0.2) is 0 Å². The molecule has 0 saturated carbocycles. The van der Waals surface area contributed by atoms with E-state index in [1.165, 1.54) is 5.32 Å². The lowest BCUT2D eigenvalue weighted by molar-refractivity contribution is -0.270. The molecular weight excluding hydrogens is 241 g/mol. The van der Waals surface area contributed by atoms with Crippen LogP contribution in [0.25, 0.3) is 0 Å². The summed E-state index contributed by atoms with van der Waals surface area (Å²) in [6.45, 7) is 0.913. The molecule has 94 valence electrons. The van der Waals surface area contributed by atoms with E-state index >= 15 is 0 Å². The standard InChI is InChI=1S/C7H8F5NO3/c1-3(4(14)16-2)13-5(15)6(8,9)7(10,11)12/h3H,1-2H3,(H,13,15). The van der Waals surface area contributed by atoms with Gasteiger partial charge < -0.3 is 10.1 Å². The molecular formula is C7H8F5NO3.